The van der Waals surface area contributed by atoms with Crippen molar-refractivity contribution in [2.24, 2.45) is 0 Å². The van der Waals surface area contributed by atoms with Crippen molar-refractivity contribution in [2.75, 3.05) is 6.61 Å². The molecule has 21 heavy (non-hydrogen) atoms. The van der Waals surface area contributed by atoms with Gasteiger partial charge in [0.2, 0.25) is 0 Å². The maximum atomic E-state index is 12.0. The minimum atomic E-state index is -0.166. The zero-order chi connectivity index (χ0) is 14.9. The second kappa shape index (κ2) is 7.83. The Kier molecular flexibility index (Phi) is 5.50. The summed E-state index contributed by atoms with van der Waals surface area (Å²) in [7, 11) is 0. The molecule has 0 atom stereocenters. The van der Waals surface area contributed by atoms with Gasteiger partial charge in [-0.05, 0) is 23.8 Å². The molecule has 0 saturated carbocycles. The van der Waals surface area contributed by atoms with Gasteiger partial charge in [-0.2, -0.15) is 0 Å². The Hall–Kier alpha value is -2.64. The molecular formula is C17H16N2O2. The van der Waals surface area contributed by atoms with Gasteiger partial charge >= 0.3 is 0 Å². The van der Waals surface area contributed by atoms with Gasteiger partial charge in [0.25, 0.3) is 5.91 Å². The number of hydrogen-bond donors (Lipinski definition) is 2. The third-order valence-electron chi connectivity index (χ3n) is 2.84. The summed E-state index contributed by atoms with van der Waals surface area (Å²) in [6.07, 6.45) is 3.60. The van der Waals surface area contributed by atoms with Crippen molar-refractivity contribution in [2.45, 2.75) is 13.0 Å². The Morgan fingerprint density at radius 3 is 2.86 bits per heavy atom. The molecule has 0 fully saturated rings. The first-order chi connectivity index (χ1) is 10.3. The topological polar surface area (TPSA) is 62.2 Å². The highest BCUT2D eigenvalue weighted by Gasteiger charge is 2.06. The van der Waals surface area contributed by atoms with E-state index in [-0.39, 0.29) is 12.5 Å². The maximum absolute atomic E-state index is 12.0. The number of nitrogens with zero attached hydrogens (tertiary/aromatic N) is 1. The van der Waals surface area contributed by atoms with Crippen LogP contribution in [0.3, 0.4) is 0 Å². The van der Waals surface area contributed by atoms with Crippen molar-refractivity contribution in [3.05, 3.63) is 65.5 Å². The molecule has 106 valence electrons. The van der Waals surface area contributed by atoms with Crippen molar-refractivity contribution >= 4 is 5.91 Å². The van der Waals surface area contributed by atoms with Gasteiger partial charge in [-0.25, -0.2) is 0 Å². The standard InChI is InChI=1S/C17H16N2O2/c20-11-4-3-7-14-6-1-2-8-15(14)13-19-17(21)16-9-5-10-18-12-16/h1-2,5-6,8-10,12,20H,4,11,13H2,(H,19,21). The molecule has 2 N–H and O–H groups in total. The molecular weight excluding hydrogens is 264 g/mol. The number of carbonyl (C=O) groups excluding carboxylic acids is 1. The molecule has 0 bridgehead atoms. The number of rotatable bonds is 4. The second-order valence-electron chi connectivity index (χ2n) is 4.36. The number of carbonyl (C=O) groups is 1. The number of aliphatic hydroxyl groups is 1. The van der Waals surface area contributed by atoms with E-state index in [1.165, 1.54) is 6.20 Å². The Bertz CT molecular complexity index is 657. The largest absolute Gasteiger partial charge is 0.395 e. The van der Waals surface area contributed by atoms with Gasteiger partial charge < -0.3 is 10.4 Å². The van der Waals surface area contributed by atoms with E-state index in [0.717, 1.165) is 11.1 Å². The van der Waals surface area contributed by atoms with Crippen molar-refractivity contribution in [1.29, 1.82) is 0 Å². The number of benzene rings is 1. The summed E-state index contributed by atoms with van der Waals surface area (Å²) in [5, 5.41) is 11.6. The third kappa shape index (κ3) is 4.44. The third-order valence-corrected chi connectivity index (χ3v) is 2.84. The molecule has 0 radical (unpaired) electrons. The smallest absolute Gasteiger partial charge is 0.253 e. The predicted molar refractivity (Wildman–Crippen MR) is 80.4 cm³/mol. The van der Waals surface area contributed by atoms with Gasteiger partial charge in [-0.3, -0.25) is 9.78 Å². The SMILES string of the molecule is O=C(NCc1ccccc1C#CCCO)c1cccnc1. The van der Waals surface area contributed by atoms with E-state index in [9.17, 15) is 4.79 Å². The van der Waals surface area contributed by atoms with E-state index < -0.39 is 0 Å². The summed E-state index contributed by atoms with van der Waals surface area (Å²) < 4.78 is 0. The van der Waals surface area contributed by atoms with Crippen LogP contribution in [0.4, 0.5) is 0 Å². The van der Waals surface area contributed by atoms with E-state index in [4.69, 9.17) is 5.11 Å². The lowest BCUT2D eigenvalue weighted by atomic mass is 10.1. The maximum Gasteiger partial charge on any atom is 0.253 e. The molecule has 0 aliphatic carbocycles. The highest BCUT2D eigenvalue weighted by atomic mass is 16.2. The van der Waals surface area contributed by atoms with E-state index in [2.05, 4.69) is 22.1 Å². The van der Waals surface area contributed by atoms with Crippen LogP contribution < -0.4 is 5.32 Å². The molecule has 1 amide bonds. The van der Waals surface area contributed by atoms with E-state index in [0.29, 0.717) is 18.5 Å². The summed E-state index contributed by atoms with van der Waals surface area (Å²) in [5.41, 5.74) is 2.33. The first kappa shape index (κ1) is 14.8. The van der Waals surface area contributed by atoms with Crippen LogP contribution in [0.1, 0.15) is 27.9 Å². The summed E-state index contributed by atoms with van der Waals surface area (Å²) in [6.45, 7) is 0.449. The van der Waals surface area contributed by atoms with Gasteiger partial charge in [0, 0.05) is 30.9 Å². The lowest BCUT2D eigenvalue weighted by Gasteiger charge is -2.07. The van der Waals surface area contributed by atoms with Crippen molar-refractivity contribution in [3.8, 4) is 11.8 Å². The van der Waals surface area contributed by atoms with Gasteiger partial charge in [0.1, 0.15) is 0 Å². The lowest BCUT2D eigenvalue weighted by molar-refractivity contribution is 0.0950. The normalized spacial score (nSPS) is 9.57. The fourth-order valence-electron chi connectivity index (χ4n) is 1.78. The van der Waals surface area contributed by atoms with Gasteiger partial charge in [0.05, 0.1) is 12.2 Å². The zero-order valence-corrected chi connectivity index (χ0v) is 11.5. The highest BCUT2D eigenvalue weighted by molar-refractivity contribution is 5.93. The fourth-order valence-corrected chi connectivity index (χ4v) is 1.78. The Labute approximate surface area is 123 Å². The van der Waals surface area contributed by atoms with Crippen LogP contribution in [0.25, 0.3) is 0 Å². The summed E-state index contributed by atoms with van der Waals surface area (Å²) in [4.78, 5) is 15.9. The Balaban J connectivity index is 2.04. The molecule has 4 heteroatoms. The molecule has 0 aliphatic heterocycles. The number of aromatic nitrogens is 1. The Morgan fingerprint density at radius 2 is 2.10 bits per heavy atom. The minimum Gasteiger partial charge on any atom is -0.395 e. The van der Waals surface area contributed by atoms with E-state index in [1.807, 2.05) is 24.3 Å². The molecule has 0 aliphatic rings. The molecule has 0 saturated heterocycles. The van der Waals surface area contributed by atoms with Crippen molar-refractivity contribution in [1.82, 2.24) is 10.3 Å². The monoisotopic (exact) mass is 280 g/mol. The van der Waals surface area contributed by atoms with Crippen LogP contribution in [0.15, 0.2) is 48.8 Å². The molecule has 4 nitrogen and oxygen atoms in total. The number of nitrogens with one attached hydrogen (secondary N) is 1. The van der Waals surface area contributed by atoms with Crippen LogP contribution in [0.5, 0.6) is 0 Å². The first-order valence-electron chi connectivity index (χ1n) is 6.67. The number of hydrogen-bond acceptors (Lipinski definition) is 3. The molecule has 1 aromatic heterocycles. The van der Waals surface area contributed by atoms with Crippen LogP contribution in [-0.2, 0) is 6.54 Å². The number of aliphatic hydroxyl groups excluding tert-OH is 1. The summed E-state index contributed by atoms with van der Waals surface area (Å²) in [6, 6.07) is 11.1. The fraction of sp³-hybridized carbons (Fsp3) is 0.176. The lowest BCUT2D eigenvalue weighted by Crippen LogP contribution is -2.23. The van der Waals surface area contributed by atoms with Crippen LogP contribution in [0.2, 0.25) is 0 Å². The molecule has 0 spiro atoms. The van der Waals surface area contributed by atoms with Gasteiger partial charge in [-0.15, -0.1) is 0 Å². The summed E-state index contributed by atoms with van der Waals surface area (Å²) in [5.74, 6) is 5.73. The zero-order valence-electron chi connectivity index (χ0n) is 11.5. The Morgan fingerprint density at radius 1 is 1.24 bits per heavy atom. The first-order valence-corrected chi connectivity index (χ1v) is 6.67. The summed E-state index contributed by atoms with van der Waals surface area (Å²) >= 11 is 0. The second-order valence-corrected chi connectivity index (χ2v) is 4.36. The quantitative estimate of drug-likeness (QED) is 0.839. The van der Waals surface area contributed by atoms with E-state index in [1.54, 1.807) is 18.3 Å². The molecule has 0 unspecified atom stereocenters. The molecule has 1 aromatic carbocycles. The van der Waals surface area contributed by atoms with Crippen LogP contribution >= 0.6 is 0 Å². The molecule has 2 aromatic rings. The van der Waals surface area contributed by atoms with Gasteiger partial charge in [-0.1, -0.05) is 30.0 Å². The van der Waals surface area contributed by atoms with Crippen molar-refractivity contribution < 1.29 is 9.90 Å². The van der Waals surface area contributed by atoms with Gasteiger partial charge in [0.15, 0.2) is 0 Å². The highest BCUT2D eigenvalue weighted by Crippen LogP contribution is 2.07. The van der Waals surface area contributed by atoms with Crippen LogP contribution in [-0.4, -0.2) is 22.6 Å². The number of pyridine rings is 1. The average molecular weight is 280 g/mol. The predicted octanol–water partition coefficient (Wildman–Crippen LogP) is 1.75. The van der Waals surface area contributed by atoms with Crippen molar-refractivity contribution in [3.63, 3.8) is 0 Å². The molecule has 1 heterocycles. The number of amides is 1. The van der Waals surface area contributed by atoms with E-state index >= 15 is 0 Å². The molecule has 2 rings (SSSR count). The average Bonchev–Trinajstić information content (AvgIpc) is 2.54. The minimum absolute atomic E-state index is 0.0485. The van der Waals surface area contributed by atoms with Crippen LogP contribution in [0, 0.1) is 11.8 Å².